The molecule has 1 heterocycles. The van der Waals surface area contributed by atoms with Gasteiger partial charge in [-0.05, 0) is 149 Å². The first kappa shape index (κ1) is 39.2. The average Bonchev–Trinajstić information content (AvgIpc) is 3.89. The van der Waals surface area contributed by atoms with Crippen molar-refractivity contribution in [2.45, 2.75) is 19.3 Å². The quantitative estimate of drug-likeness (QED) is 0.144. The second-order valence-electron chi connectivity index (χ2n) is 17.5. The molecule has 0 saturated heterocycles. The maximum Gasteiger partial charge on any atom is 0.135 e. The first-order valence-electron chi connectivity index (χ1n) is 22.7. The van der Waals surface area contributed by atoms with E-state index in [1.807, 2.05) is 6.07 Å². The maximum atomic E-state index is 6.38. The summed E-state index contributed by atoms with van der Waals surface area (Å²) < 4.78 is 6.38. The van der Waals surface area contributed by atoms with Crippen LogP contribution >= 0.6 is 0 Å². The van der Waals surface area contributed by atoms with Crippen molar-refractivity contribution in [3.8, 4) is 22.3 Å². The van der Waals surface area contributed by atoms with E-state index >= 15 is 0 Å². The molecular formula is C63H46N2O. The Morgan fingerprint density at radius 2 is 0.879 bits per heavy atom. The lowest BCUT2D eigenvalue weighted by Crippen LogP contribution is -2.28. The highest BCUT2D eigenvalue weighted by Gasteiger charge is 2.46. The van der Waals surface area contributed by atoms with Crippen LogP contribution < -0.4 is 9.80 Å². The van der Waals surface area contributed by atoms with Crippen LogP contribution in [-0.2, 0) is 5.41 Å². The SMILES string of the molecule is Cc1cccc(N(c2ccc(N(c3ccccc3)c3cccc(C)c3)c(-c3ccc4oc5ccccc5c4c3)c2)c2ccc3c(c2)C(c2ccccc2)(c2ccccc2)c2ccccc2-3)c1. The summed E-state index contributed by atoms with van der Waals surface area (Å²) in [5.41, 5.74) is 19.8. The molecule has 0 saturated carbocycles. The van der Waals surface area contributed by atoms with E-state index in [9.17, 15) is 0 Å². The lowest BCUT2D eigenvalue weighted by molar-refractivity contribution is 0.669. The van der Waals surface area contributed by atoms with Gasteiger partial charge in [-0.3, -0.25) is 0 Å². The molecule has 1 aromatic heterocycles. The average molecular weight is 847 g/mol. The summed E-state index contributed by atoms with van der Waals surface area (Å²) >= 11 is 0. The fraction of sp³-hybridized carbons (Fsp3) is 0.0476. The molecule has 11 aromatic rings. The Morgan fingerprint density at radius 3 is 1.59 bits per heavy atom. The van der Waals surface area contributed by atoms with Gasteiger partial charge in [-0.1, -0.05) is 158 Å². The highest BCUT2D eigenvalue weighted by molar-refractivity contribution is 6.07. The van der Waals surface area contributed by atoms with E-state index in [0.717, 1.165) is 67.2 Å². The van der Waals surface area contributed by atoms with Crippen molar-refractivity contribution in [3.05, 3.63) is 276 Å². The maximum absolute atomic E-state index is 6.38. The number of furan rings is 1. The predicted octanol–water partition coefficient (Wildman–Crippen LogP) is 17.2. The zero-order chi connectivity index (χ0) is 44.2. The van der Waals surface area contributed by atoms with E-state index in [0.29, 0.717) is 0 Å². The van der Waals surface area contributed by atoms with Crippen molar-refractivity contribution >= 4 is 56.1 Å². The van der Waals surface area contributed by atoms with E-state index in [1.165, 1.54) is 44.5 Å². The number of benzene rings is 10. The Balaban J connectivity index is 1.13. The van der Waals surface area contributed by atoms with Crippen molar-refractivity contribution in [1.29, 1.82) is 0 Å². The number of fused-ring (bicyclic) bond motifs is 6. The molecule has 0 bridgehead atoms. The lowest BCUT2D eigenvalue weighted by Gasteiger charge is -2.35. The predicted molar refractivity (Wildman–Crippen MR) is 275 cm³/mol. The number of anilines is 6. The summed E-state index contributed by atoms with van der Waals surface area (Å²) in [7, 11) is 0. The van der Waals surface area contributed by atoms with Crippen LogP contribution in [0.3, 0.4) is 0 Å². The van der Waals surface area contributed by atoms with Crippen LogP contribution in [0, 0.1) is 13.8 Å². The van der Waals surface area contributed by atoms with Crippen LogP contribution in [0.25, 0.3) is 44.2 Å². The second-order valence-corrected chi connectivity index (χ2v) is 17.5. The summed E-state index contributed by atoms with van der Waals surface area (Å²) in [4.78, 5) is 4.83. The van der Waals surface area contributed by atoms with Gasteiger partial charge in [0.2, 0.25) is 0 Å². The molecular weight excluding hydrogens is 801 g/mol. The minimum absolute atomic E-state index is 0.537. The van der Waals surface area contributed by atoms with Gasteiger partial charge in [-0.15, -0.1) is 0 Å². The number of nitrogens with zero attached hydrogens (tertiary/aromatic N) is 2. The first-order valence-corrected chi connectivity index (χ1v) is 22.7. The van der Waals surface area contributed by atoms with Gasteiger partial charge in [0.05, 0.1) is 11.1 Å². The van der Waals surface area contributed by atoms with Crippen molar-refractivity contribution in [2.75, 3.05) is 9.80 Å². The van der Waals surface area contributed by atoms with Crippen molar-refractivity contribution in [2.24, 2.45) is 0 Å². The Bertz CT molecular complexity index is 3530. The summed E-state index contributed by atoms with van der Waals surface area (Å²) in [5, 5.41) is 2.19. The van der Waals surface area contributed by atoms with Crippen LogP contribution in [-0.4, -0.2) is 0 Å². The van der Waals surface area contributed by atoms with E-state index in [2.05, 4.69) is 260 Å². The lowest BCUT2D eigenvalue weighted by atomic mass is 9.67. The molecule has 0 aliphatic heterocycles. The molecule has 1 aliphatic rings. The van der Waals surface area contributed by atoms with Gasteiger partial charge in [0.15, 0.2) is 0 Å². The Kier molecular flexibility index (Phi) is 9.50. The summed E-state index contributed by atoms with van der Waals surface area (Å²) in [6.07, 6.45) is 0. The molecule has 0 radical (unpaired) electrons. The molecule has 1 aliphatic carbocycles. The number of hydrogen-bond donors (Lipinski definition) is 0. The van der Waals surface area contributed by atoms with Crippen LogP contribution in [0.5, 0.6) is 0 Å². The third-order valence-electron chi connectivity index (χ3n) is 13.4. The molecule has 314 valence electrons. The monoisotopic (exact) mass is 846 g/mol. The molecule has 12 rings (SSSR count). The first-order chi connectivity index (χ1) is 32.5. The van der Waals surface area contributed by atoms with Gasteiger partial charge in [0.1, 0.15) is 11.2 Å². The fourth-order valence-electron chi connectivity index (χ4n) is 10.5. The van der Waals surface area contributed by atoms with Gasteiger partial charge >= 0.3 is 0 Å². The summed E-state index contributed by atoms with van der Waals surface area (Å²) in [5.74, 6) is 0. The van der Waals surface area contributed by atoms with Crippen molar-refractivity contribution < 1.29 is 4.42 Å². The molecule has 0 amide bonds. The molecule has 0 spiro atoms. The number of hydrogen-bond acceptors (Lipinski definition) is 3. The highest BCUT2D eigenvalue weighted by atomic mass is 16.3. The van der Waals surface area contributed by atoms with Crippen LogP contribution in [0.15, 0.2) is 247 Å². The largest absolute Gasteiger partial charge is 0.456 e. The topological polar surface area (TPSA) is 19.6 Å². The standard InChI is InChI=1S/C63H46N2O/c1-43-18-16-26-49(38-43)64(52-33-35-54-53-28-12-14-30-58(53)63(59(54)42-52,46-20-6-3-7-21-46)47-22-8-4-9-23-47)51-34-36-60(65(48-24-10-5-11-25-48)50-27-17-19-44(2)39-50)56(41-51)45-32-37-62-57(40-45)55-29-13-15-31-61(55)66-62/h3-42H,1-2H3. The van der Waals surface area contributed by atoms with E-state index < -0.39 is 5.41 Å². The zero-order valence-electron chi connectivity index (χ0n) is 36.9. The molecule has 0 atom stereocenters. The van der Waals surface area contributed by atoms with Gasteiger partial charge in [-0.2, -0.15) is 0 Å². The minimum Gasteiger partial charge on any atom is -0.456 e. The van der Waals surface area contributed by atoms with Crippen LogP contribution in [0.2, 0.25) is 0 Å². The summed E-state index contributed by atoms with van der Waals surface area (Å²) in [6.45, 7) is 4.34. The van der Waals surface area contributed by atoms with E-state index in [4.69, 9.17) is 4.42 Å². The van der Waals surface area contributed by atoms with Gasteiger partial charge < -0.3 is 14.2 Å². The zero-order valence-corrected chi connectivity index (χ0v) is 36.9. The molecule has 66 heavy (non-hydrogen) atoms. The second kappa shape index (κ2) is 16.0. The van der Waals surface area contributed by atoms with Gasteiger partial charge in [-0.25, -0.2) is 0 Å². The van der Waals surface area contributed by atoms with E-state index in [1.54, 1.807) is 0 Å². The minimum atomic E-state index is -0.537. The van der Waals surface area contributed by atoms with Crippen LogP contribution in [0.4, 0.5) is 34.1 Å². The highest BCUT2D eigenvalue weighted by Crippen LogP contribution is 2.57. The number of para-hydroxylation sites is 2. The molecule has 3 nitrogen and oxygen atoms in total. The molecule has 10 aromatic carbocycles. The van der Waals surface area contributed by atoms with Crippen molar-refractivity contribution in [3.63, 3.8) is 0 Å². The van der Waals surface area contributed by atoms with Crippen LogP contribution in [0.1, 0.15) is 33.4 Å². The van der Waals surface area contributed by atoms with Gasteiger partial charge in [0, 0.05) is 44.8 Å². The smallest absolute Gasteiger partial charge is 0.135 e. The summed E-state index contributed by atoms with van der Waals surface area (Å²) in [6, 6.07) is 88.5. The Labute approximate surface area is 386 Å². The van der Waals surface area contributed by atoms with E-state index in [-0.39, 0.29) is 0 Å². The normalized spacial score (nSPS) is 12.5. The number of aryl methyl sites for hydroxylation is 2. The molecule has 0 fully saturated rings. The van der Waals surface area contributed by atoms with Gasteiger partial charge in [0.25, 0.3) is 0 Å². The Hall–Kier alpha value is -8.40. The molecule has 3 heteroatoms. The molecule has 0 N–H and O–H groups in total. The Morgan fingerprint density at radius 1 is 0.333 bits per heavy atom. The molecule has 0 unspecified atom stereocenters. The third kappa shape index (κ3) is 6.43. The third-order valence-corrected chi connectivity index (χ3v) is 13.4. The van der Waals surface area contributed by atoms with Crippen molar-refractivity contribution in [1.82, 2.24) is 0 Å². The fourth-order valence-corrected chi connectivity index (χ4v) is 10.5. The number of rotatable bonds is 9.